The van der Waals surface area contributed by atoms with Gasteiger partial charge in [-0.1, -0.05) is 20.3 Å². The van der Waals surface area contributed by atoms with Crippen molar-refractivity contribution in [2.75, 3.05) is 0 Å². The fourth-order valence-electron chi connectivity index (χ4n) is 1.49. The van der Waals surface area contributed by atoms with Gasteiger partial charge in [0.05, 0.1) is 11.7 Å². The van der Waals surface area contributed by atoms with Gasteiger partial charge in [0.15, 0.2) is 0 Å². The van der Waals surface area contributed by atoms with Crippen molar-refractivity contribution < 1.29 is 9.84 Å². The Morgan fingerprint density at radius 3 is 2.36 bits per heavy atom. The van der Waals surface area contributed by atoms with Gasteiger partial charge < -0.3 is 9.84 Å². The van der Waals surface area contributed by atoms with Crippen LogP contribution in [-0.2, 0) is 4.74 Å². The first-order valence-electron chi connectivity index (χ1n) is 4.38. The van der Waals surface area contributed by atoms with Crippen LogP contribution in [0.1, 0.15) is 34.1 Å². The second-order valence-electron chi connectivity index (χ2n) is 3.80. The van der Waals surface area contributed by atoms with Gasteiger partial charge in [-0.25, -0.2) is 0 Å². The Morgan fingerprint density at radius 1 is 1.64 bits per heavy atom. The maximum atomic E-state index is 9.97. The van der Waals surface area contributed by atoms with Crippen LogP contribution in [0.2, 0.25) is 0 Å². The van der Waals surface area contributed by atoms with Crippen molar-refractivity contribution in [3.8, 4) is 0 Å². The fraction of sp³-hybridized carbons (Fsp3) is 1.00. The summed E-state index contributed by atoms with van der Waals surface area (Å²) in [5.41, 5.74) is -0.631. The van der Waals surface area contributed by atoms with Crippen molar-refractivity contribution in [2.45, 2.75) is 51.9 Å². The summed E-state index contributed by atoms with van der Waals surface area (Å²) in [4.78, 5) is 0. The molecule has 0 amide bonds. The van der Waals surface area contributed by atoms with Crippen molar-refractivity contribution in [1.29, 1.82) is 0 Å². The lowest BCUT2D eigenvalue weighted by Crippen LogP contribution is -2.39. The Bertz CT molecular complexity index is 136. The third kappa shape index (κ3) is 1.57. The molecule has 0 unspecified atom stereocenters. The van der Waals surface area contributed by atoms with E-state index in [4.69, 9.17) is 4.74 Å². The molecule has 0 aromatic heterocycles. The molecule has 1 aliphatic heterocycles. The van der Waals surface area contributed by atoms with Gasteiger partial charge in [-0.15, -0.1) is 0 Å². The van der Waals surface area contributed by atoms with Gasteiger partial charge in [-0.2, -0.15) is 0 Å². The van der Waals surface area contributed by atoms with E-state index in [-0.39, 0.29) is 12.2 Å². The molecule has 0 aromatic rings. The highest BCUT2D eigenvalue weighted by Gasteiger charge is 2.50. The summed E-state index contributed by atoms with van der Waals surface area (Å²) >= 11 is 0. The Hall–Kier alpha value is -0.0800. The van der Waals surface area contributed by atoms with Crippen LogP contribution in [-0.4, -0.2) is 22.9 Å². The summed E-state index contributed by atoms with van der Waals surface area (Å²) in [5.74, 6) is 0.317. The first-order valence-corrected chi connectivity index (χ1v) is 4.38. The Kier molecular flexibility index (Phi) is 2.26. The van der Waals surface area contributed by atoms with E-state index in [1.807, 2.05) is 13.8 Å². The van der Waals surface area contributed by atoms with Crippen LogP contribution in [0.3, 0.4) is 0 Å². The minimum Gasteiger partial charge on any atom is -0.387 e. The average molecular weight is 158 g/mol. The van der Waals surface area contributed by atoms with Crippen LogP contribution in [0.25, 0.3) is 0 Å². The molecule has 4 atom stereocenters. The van der Waals surface area contributed by atoms with Crippen molar-refractivity contribution in [1.82, 2.24) is 0 Å². The number of rotatable bonds is 3. The summed E-state index contributed by atoms with van der Waals surface area (Å²) in [6.45, 7) is 8.03. The summed E-state index contributed by atoms with van der Waals surface area (Å²) < 4.78 is 5.25. The van der Waals surface area contributed by atoms with E-state index in [1.54, 1.807) is 0 Å². The SMILES string of the molecule is CC[C@@H](C)[C@@](C)(O)[C@@H]1O[C@H]1C. The molecule has 0 saturated carbocycles. The summed E-state index contributed by atoms with van der Waals surface area (Å²) in [6, 6.07) is 0. The quantitative estimate of drug-likeness (QED) is 0.632. The topological polar surface area (TPSA) is 32.8 Å². The summed E-state index contributed by atoms with van der Waals surface area (Å²) in [7, 11) is 0. The summed E-state index contributed by atoms with van der Waals surface area (Å²) in [5, 5.41) is 9.97. The Balaban J connectivity index is 2.52. The van der Waals surface area contributed by atoms with Crippen molar-refractivity contribution in [2.24, 2.45) is 5.92 Å². The van der Waals surface area contributed by atoms with E-state index in [0.717, 1.165) is 6.42 Å². The van der Waals surface area contributed by atoms with Gasteiger partial charge in [-0.05, 0) is 19.8 Å². The highest BCUT2D eigenvalue weighted by atomic mass is 16.6. The largest absolute Gasteiger partial charge is 0.387 e. The predicted molar refractivity (Wildman–Crippen MR) is 44.4 cm³/mol. The third-order valence-electron chi connectivity index (χ3n) is 2.90. The molecular weight excluding hydrogens is 140 g/mol. The zero-order valence-electron chi connectivity index (χ0n) is 7.79. The molecule has 0 aliphatic carbocycles. The molecule has 1 heterocycles. The minimum atomic E-state index is -0.631. The van der Waals surface area contributed by atoms with Crippen LogP contribution in [0.4, 0.5) is 0 Å². The molecule has 1 rings (SSSR count). The molecule has 0 bridgehead atoms. The maximum absolute atomic E-state index is 9.97. The van der Waals surface area contributed by atoms with E-state index in [2.05, 4.69) is 13.8 Å². The number of ether oxygens (including phenoxy) is 1. The van der Waals surface area contributed by atoms with E-state index in [9.17, 15) is 5.11 Å². The molecule has 2 nitrogen and oxygen atoms in total. The van der Waals surface area contributed by atoms with Gasteiger partial charge in [0, 0.05) is 0 Å². The van der Waals surface area contributed by atoms with Crippen LogP contribution in [0.15, 0.2) is 0 Å². The second kappa shape index (κ2) is 2.76. The molecule has 11 heavy (non-hydrogen) atoms. The number of aliphatic hydroxyl groups is 1. The molecule has 0 radical (unpaired) electrons. The molecular formula is C9H18O2. The lowest BCUT2D eigenvalue weighted by atomic mass is 9.85. The number of hydrogen-bond donors (Lipinski definition) is 1. The molecule has 0 aromatic carbocycles. The minimum absolute atomic E-state index is 0.0671. The first-order chi connectivity index (χ1) is 5.00. The van der Waals surface area contributed by atoms with Gasteiger partial charge in [0.25, 0.3) is 0 Å². The van der Waals surface area contributed by atoms with Crippen LogP contribution < -0.4 is 0 Å². The predicted octanol–water partition coefficient (Wildman–Crippen LogP) is 1.57. The number of epoxide rings is 1. The van der Waals surface area contributed by atoms with Crippen molar-refractivity contribution in [3.63, 3.8) is 0 Å². The highest BCUT2D eigenvalue weighted by Crippen LogP contribution is 2.37. The Morgan fingerprint density at radius 2 is 2.09 bits per heavy atom. The van der Waals surface area contributed by atoms with Gasteiger partial charge in [-0.3, -0.25) is 0 Å². The monoisotopic (exact) mass is 158 g/mol. The first kappa shape index (κ1) is 9.01. The van der Waals surface area contributed by atoms with Crippen LogP contribution in [0.5, 0.6) is 0 Å². The van der Waals surface area contributed by atoms with E-state index in [1.165, 1.54) is 0 Å². The molecule has 1 saturated heterocycles. The maximum Gasteiger partial charge on any atom is 0.112 e. The fourth-order valence-corrected chi connectivity index (χ4v) is 1.49. The molecule has 0 spiro atoms. The van der Waals surface area contributed by atoms with Crippen molar-refractivity contribution in [3.05, 3.63) is 0 Å². The van der Waals surface area contributed by atoms with Crippen molar-refractivity contribution >= 4 is 0 Å². The third-order valence-corrected chi connectivity index (χ3v) is 2.90. The molecule has 2 heteroatoms. The summed E-state index contributed by atoms with van der Waals surface area (Å²) in [6.07, 6.45) is 1.32. The van der Waals surface area contributed by atoms with Crippen LogP contribution >= 0.6 is 0 Å². The Labute approximate surface area is 68.6 Å². The lowest BCUT2D eigenvalue weighted by Gasteiger charge is -2.27. The highest BCUT2D eigenvalue weighted by molar-refractivity contribution is 4.98. The zero-order chi connectivity index (χ0) is 8.65. The number of hydrogen-bond acceptors (Lipinski definition) is 2. The zero-order valence-corrected chi connectivity index (χ0v) is 7.79. The van der Waals surface area contributed by atoms with E-state index in [0.29, 0.717) is 5.92 Å². The smallest absolute Gasteiger partial charge is 0.112 e. The van der Waals surface area contributed by atoms with Gasteiger partial charge in [0.2, 0.25) is 0 Å². The molecule has 1 N–H and O–H groups in total. The normalized spacial score (nSPS) is 37.9. The molecule has 1 fully saturated rings. The lowest BCUT2D eigenvalue weighted by molar-refractivity contribution is -0.0201. The van der Waals surface area contributed by atoms with E-state index >= 15 is 0 Å². The van der Waals surface area contributed by atoms with Crippen LogP contribution in [0, 0.1) is 5.92 Å². The molecule has 66 valence electrons. The standard InChI is InChI=1S/C9H18O2/c1-5-6(2)9(4,10)8-7(3)11-8/h6-8,10H,5H2,1-4H3/t6-,7+,8-,9-/m1/s1. The van der Waals surface area contributed by atoms with Gasteiger partial charge in [0.1, 0.15) is 6.10 Å². The molecule has 1 aliphatic rings. The second-order valence-corrected chi connectivity index (χ2v) is 3.80. The van der Waals surface area contributed by atoms with Gasteiger partial charge >= 0.3 is 0 Å². The van der Waals surface area contributed by atoms with E-state index < -0.39 is 5.60 Å². The average Bonchev–Trinajstić information content (AvgIpc) is 2.65.